The van der Waals surface area contributed by atoms with Crippen molar-refractivity contribution < 1.29 is 22.8 Å². The van der Waals surface area contributed by atoms with Gasteiger partial charge in [0.1, 0.15) is 28.9 Å². The normalized spacial score (nSPS) is 14.7. The summed E-state index contributed by atoms with van der Waals surface area (Å²) in [6.45, 7) is 0.0781. The zero-order valence-corrected chi connectivity index (χ0v) is 22.4. The fraction of sp³-hybridized carbons (Fsp3) is 0.214. The number of hydrogen-bond acceptors (Lipinski definition) is 7. The lowest BCUT2D eigenvalue weighted by atomic mass is 10.0. The van der Waals surface area contributed by atoms with Crippen LogP contribution in [0.15, 0.2) is 61.2 Å². The summed E-state index contributed by atoms with van der Waals surface area (Å²) in [5.74, 6) is -0.207. The number of amides is 2. The first kappa shape index (κ1) is 26.6. The molecule has 5 aromatic rings. The van der Waals surface area contributed by atoms with Gasteiger partial charge in [-0.3, -0.25) is 9.59 Å². The van der Waals surface area contributed by atoms with Crippen LogP contribution in [0.1, 0.15) is 55.0 Å². The molecule has 9 nitrogen and oxygen atoms in total. The van der Waals surface area contributed by atoms with Crippen molar-refractivity contribution in [1.29, 1.82) is 0 Å². The summed E-state index contributed by atoms with van der Waals surface area (Å²) < 4.78 is 41.2. The largest absolute Gasteiger partial charge is 0.425 e. The lowest BCUT2D eigenvalue weighted by Crippen LogP contribution is -2.29. The van der Waals surface area contributed by atoms with Crippen molar-refractivity contribution in [3.63, 3.8) is 0 Å². The molecule has 2 N–H and O–H groups in total. The van der Waals surface area contributed by atoms with E-state index < -0.39 is 22.9 Å². The van der Waals surface area contributed by atoms with Gasteiger partial charge in [0.2, 0.25) is 0 Å². The number of fused-ring (bicyclic) bond motifs is 2. The zero-order valence-electron chi connectivity index (χ0n) is 21.6. The number of carbonyl (C=O) groups is 2. The van der Waals surface area contributed by atoms with Crippen LogP contribution in [0, 0.1) is 0 Å². The van der Waals surface area contributed by atoms with E-state index in [2.05, 4.69) is 36.8 Å². The van der Waals surface area contributed by atoms with Gasteiger partial charge in [-0.2, -0.15) is 18.3 Å². The smallest absolute Gasteiger partial charge is 0.347 e. The van der Waals surface area contributed by atoms with Gasteiger partial charge in [0.25, 0.3) is 11.8 Å². The fourth-order valence-electron chi connectivity index (χ4n) is 4.90. The highest BCUT2D eigenvalue weighted by Gasteiger charge is 2.32. The molecule has 1 aliphatic carbocycles. The van der Waals surface area contributed by atoms with E-state index in [0.717, 1.165) is 47.8 Å². The third-order valence-corrected chi connectivity index (χ3v) is 8.09. The summed E-state index contributed by atoms with van der Waals surface area (Å²) >= 11 is 0.654. The highest BCUT2D eigenvalue weighted by molar-refractivity contribution is 7.19. The topological polar surface area (TPSA) is 115 Å². The minimum atomic E-state index is -4.41. The first-order valence-corrected chi connectivity index (χ1v) is 13.5. The second-order valence-electron chi connectivity index (χ2n) is 9.64. The third-order valence-electron chi connectivity index (χ3n) is 6.94. The molecule has 0 saturated carbocycles. The van der Waals surface area contributed by atoms with E-state index in [9.17, 15) is 22.8 Å². The minimum Gasteiger partial charge on any atom is -0.347 e. The molecule has 2 aromatic carbocycles. The highest BCUT2D eigenvalue weighted by Crippen LogP contribution is 2.38. The highest BCUT2D eigenvalue weighted by atomic mass is 32.1. The molecule has 0 saturated heterocycles. The molecular weight excluding hydrogens is 555 g/mol. The van der Waals surface area contributed by atoms with Crippen molar-refractivity contribution in [2.45, 2.75) is 31.6 Å². The van der Waals surface area contributed by atoms with Gasteiger partial charge in [0.15, 0.2) is 5.82 Å². The van der Waals surface area contributed by atoms with Crippen molar-refractivity contribution in [3.8, 4) is 11.4 Å². The van der Waals surface area contributed by atoms with E-state index in [1.54, 1.807) is 22.9 Å². The number of halogens is 3. The maximum absolute atomic E-state index is 13.0. The van der Waals surface area contributed by atoms with Crippen molar-refractivity contribution in [2.75, 3.05) is 0 Å². The summed E-state index contributed by atoms with van der Waals surface area (Å²) in [6, 6.07) is 13.1. The van der Waals surface area contributed by atoms with Crippen molar-refractivity contribution in [2.24, 2.45) is 7.05 Å². The Balaban J connectivity index is 1.10. The average molecular weight is 578 g/mol. The zero-order chi connectivity index (χ0) is 28.7. The molecule has 41 heavy (non-hydrogen) atoms. The summed E-state index contributed by atoms with van der Waals surface area (Å²) in [6.07, 6.45) is -0.242. The number of carbonyl (C=O) groups excluding carboxylic acids is 2. The molecule has 208 valence electrons. The van der Waals surface area contributed by atoms with Crippen LogP contribution in [0.2, 0.25) is 0 Å². The first-order valence-electron chi connectivity index (χ1n) is 12.6. The lowest BCUT2D eigenvalue weighted by molar-refractivity contribution is -0.134. The summed E-state index contributed by atoms with van der Waals surface area (Å²) in [7, 11) is 1.83. The Kier molecular flexibility index (Phi) is 6.73. The molecule has 0 bridgehead atoms. The molecule has 0 radical (unpaired) electrons. The SMILES string of the molecule is Cn1ncnc1-c1ccc2c(c1)CC[C@@H]2NC(=O)c1cc(C(=O)NCc2ccc3cc(C(F)(F)F)sc3c2)ncn1. The van der Waals surface area contributed by atoms with Gasteiger partial charge in [-0.15, -0.1) is 11.3 Å². The molecule has 3 aromatic heterocycles. The Hall–Kier alpha value is -4.65. The molecule has 13 heteroatoms. The van der Waals surface area contributed by atoms with E-state index in [-0.39, 0.29) is 24.0 Å². The van der Waals surface area contributed by atoms with Crippen molar-refractivity contribution in [3.05, 3.63) is 94.1 Å². The van der Waals surface area contributed by atoms with E-state index in [1.807, 2.05) is 19.2 Å². The number of rotatable bonds is 6. The first-order chi connectivity index (χ1) is 19.7. The van der Waals surface area contributed by atoms with Gasteiger partial charge in [0.05, 0.1) is 6.04 Å². The van der Waals surface area contributed by atoms with Crippen LogP contribution < -0.4 is 10.6 Å². The van der Waals surface area contributed by atoms with E-state index >= 15 is 0 Å². The molecule has 1 aliphatic rings. The number of thiophene rings is 1. The number of hydrogen-bond donors (Lipinski definition) is 2. The van der Waals surface area contributed by atoms with E-state index in [4.69, 9.17) is 0 Å². The van der Waals surface area contributed by atoms with Gasteiger partial charge < -0.3 is 10.6 Å². The number of alkyl halides is 3. The second kappa shape index (κ2) is 10.4. The molecule has 1 atom stereocenters. The van der Waals surface area contributed by atoms with Crippen LogP contribution in [-0.4, -0.2) is 36.5 Å². The Bertz CT molecular complexity index is 1800. The van der Waals surface area contributed by atoms with Gasteiger partial charge >= 0.3 is 6.18 Å². The molecular formula is C28H22F3N7O2S. The number of aryl methyl sites for hydroxylation is 2. The number of benzene rings is 2. The van der Waals surface area contributed by atoms with Gasteiger partial charge in [-0.05, 0) is 53.1 Å². The molecule has 0 unspecified atom stereocenters. The van der Waals surface area contributed by atoms with Crippen LogP contribution in [0.3, 0.4) is 0 Å². The fourth-order valence-corrected chi connectivity index (χ4v) is 5.89. The van der Waals surface area contributed by atoms with Crippen molar-refractivity contribution >= 4 is 33.2 Å². The minimum absolute atomic E-state index is 0.00171. The Morgan fingerprint density at radius 2 is 1.80 bits per heavy atom. The number of aromatic nitrogens is 5. The van der Waals surface area contributed by atoms with E-state index in [0.29, 0.717) is 27.0 Å². The van der Waals surface area contributed by atoms with Gasteiger partial charge in [0, 0.05) is 29.9 Å². The predicted octanol–water partition coefficient (Wildman–Crippen LogP) is 4.85. The summed E-state index contributed by atoms with van der Waals surface area (Å²) in [5, 5.41) is 10.3. The van der Waals surface area contributed by atoms with Crippen LogP contribution in [0.4, 0.5) is 13.2 Å². The van der Waals surface area contributed by atoms with E-state index in [1.165, 1.54) is 12.4 Å². The molecule has 0 spiro atoms. The molecule has 2 amide bonds. The molecule has 0 fully saturated rings. The number of nitrogens with one attached hydrogen (secondary N) is 2. The quantitative estimate of drug-likeness (QED) is 0.298. The molecule has 6 rings (SSSR count). The molecule has 3 heterocycles. The summed E-state index contributed by atoms with van der Waals surface area (Å²) in [5.41, 5.74) is 3.77. The Morgan fingerprint density at radius 1 is 1.00 bits per heavy atom. The predicted molar refractivity (Wildman–Crippen MR) is 145 cm³/mol. The average Bonchev–Trinajstić information content (AvgIpc) is 3.69. The summed E-state index contributed by atoms with van der Waals surface area (Å²) in [4.78, 5) is 37.4. The Labute approximate surface area is 235 Å². The maximum Gasteiger partial charge on any atom is 0.425 e. The second-order valence-corrected chi connectivity index (χ2v) is 10.7. The standard InChI is InChI=1S/C28H22F3N7O2S/c1-38-25(35-14-36-38)18-4-6-19-16(9-18)5-7-20(19)37-27(40)22-11-21(33-13-34-22)26(39)32-12-15-2-3-17-10-24(28(29,30)31)41-23(17)8-15/h2-4,6,8-11,13-14,20H,5,7,12H2,1H3,(H,32,39)(H,37,40)/t20-/m0/s1. The van der Waals surface area contributed by atoms with Crippen LogP contribution in [0.5, 0.6) is 0 Å². The Morgan fingerprint density at radius 3 is 2.56 bits per heavy atom. The third kappa shape index (κ3) is 5.40. The number of nitrogens with zero attached hydrogens (tertiary/aromatic N) is 5. The van der Waals surface area contributed by atoms with Crippen LogP contribution >= 0.6 is 11.3 Å². The van der Waals surface area contributed by atoms with Crippen LogP contribution in [0.25, 0.3) is 21.5 Å². The van der Waals surface area contributed by atoms with Gasteiger partial charge in [-0.1, -0.05) is 24.3 Å². The monoisotopic (exact) mass is 577 g/mol. The van der Waals surface area contributed by atoms with Crippen LogP contribution in [-0.2, 0) is 26.2 Å². The maximum atomic E-state index is 13.0. The van der Waals surface area contributed by atoms with Gasteiger partial charge in [-0.25, -0.2) is 19.6 Å². The lowest BCUT2D eigenvalue weighted by Gasteiger charge is -2.14. The van der Waals surface area contributed by atoms with Crippen molar-refractivity contribution in [1.82, 2.24) is 35.4 Å². The molecule has 0 aliphatic heterocycles.